The fourth-order valence-electron chi connectivity index (χ4n) is 2.07. The van der Waals surface area contributed by atoms with Crippen LogP contribution in [0.5, 0.6) is 0 Å². The third-order valence-electron chi connectivity index (χ3n) is 3.15. The molecule has 0 unspecified atom stereocenters. The summed E-state index contributed by atoms with van der Waals surface area (Å²) < 4.78 is 26.7. The van der Waals surface area contributed by atoms with Crippen molar-refractivity contribution in [2.75, 3.05) is 32.7 Å². The van der Waals surface area contributed by atoms with Crippen LogP contribution in [0.15, 0.2) is 10.8 Å². The Kier molecular flexibility index (Phi) is 4.51. The van der Waals surface area contributed by atoms with Gasteiger partial charge in [0.25, 0.3) is 12.3 Å². The molecule has 5 nitrogen and oxygen atoms in total. The standard InChI is InChI=1S/C11H15BrF2N4O/c1-16-10(12)8(6-15-16)11(19)18-4-2-17(3-5-18)7-9(13)14/h6,9H,2-5,7H2,1H3. The van der Waals surface area contributed by atoms with Crippen LogP contribution in [0.25, 0.3) is 0 Å². The van der Waals surface area contributed by atoms with E-state index in [2.05, 4.69) is 21.0 Å². The highest BCUT2D eigenvalue weighted by Crippen LogP contribution is 2.18. The first-order valence-corrected chi connectivity index (χ1v) is 6.75. The Bertz CT molecular complexity index is 458. The van der Waals surface area contributed by atoms with Gasteiger partial charge in [-0.1, -0.05) is 0 Å². The number of aromatic nitrogens is 2. The lowest BCUT2D eigenvalue weighted by Crippen LogP contribution is -2.49. The maximum atomic E-state index is 12.3. The number of alkyl halides is 2. The second kappa shape index (κ2) is 5.96. The predicted octanol–water partition coefficient (Wildman–Crippen LogP) is 1.21. The molecule has 0 N–H and O–H groups in total. The zero-order valence-corrected chi connectivity index (χ0v) is 12.1. The smallest absolute Gasteiger partial charge is 0.258 e. The molecule has 1 aliphatic rings. The molecular formula is C11H15BrF2N4O. The molecule has 0 atom stereocenters. The summed E-state index contributed by atoms with van der Waals surface area (Å²) in [5.41, 5.74) is 0.504. The van der Waals surface area contributed by atoms with Gasteiger partial charge in [0.1, 0.15) is 4.60 Å². The van der Waals surface area contributed by atoms with E-state index < -0.39 is 6.43 Å². The molecule has 0 bridgehead atoms. The van der Waals surface area contributed by atoms with Gasteiger partial charge < -0.3 is 4.90 Å². The summed E-state index contributed by atoms with van der Waals surface area (Å²) in [6, 6.07) is 0. The monoisotopic (exact) mass is 336 g/mol. The van der Waals surface area contributed by atoms with Crippen LogP contribution in [0.4, 0.5) is 8.78 Å². The number of carbonyl (C=O) groups is 1. The molecule has 1 aromatic heterocycles. The minimum absolute atomic E-state index is 0.114. The first-order chi connectivity index (χ1) is 8.99. The van der Waals surface area contributed by atoms with E-state index in [1.54, 1.807) is 21.5 Å². The van der Waals surface area contributed by atoms with Gasteiger partial charge in [0.15, 0.2) is 0 Å². The number of amides is 1. The molecule has 0 aliphatic carbocycles. The van der Waals surface area contributed by atoms with Crippen LogP contribution in [0.1, 0.15) is 10.4 Å². The van der Waals surface area contributed by atoms with Crippen LogP contribution in [0.2, 0.25) is 0 Å². The third kappa shape index (κ3) is 3.30. The molecule has 1 aliphatic heterocycles. The Hall–Kier alpha value is -1.02. The van der Waals surface area contributed by atoms with Crippen molar-refractivity contribution in [1.82, 2.24) is 19.6 Å². The Labute approximate surface area is 118 Å². The van der Waals surface area contributed by atoms with Gasteiger partial charge >= 0.3 is 0 Å². The molecule has 2 rings (SSSR count). The molecule has 2 heterocycles. The maximum absolute atomic E-state index is 12.3. The maximum Gasteiger partial charge on any atom is 0.258 e. The Morgan fingerprint density at radius 2 is 2.05 bits per heavy atom. The summed E-state index contributed by atoms with van der Waals surface area (Å²) in [6.45, 7) is 1.67. The van der Waals surface area contributed by atoms with Crippen molar-refractivity contribution in [1.29, 1.82) is 0 Å². The second-order valence-electron chi connectivity index (χ2n) is 4.46. The lowest BCUT2D eigenvalue weighted by Gasteiger charge is -2.34. The van der Waals surface area contributed by atoms with Crippen LogP contribution in [-0.2, 0) is 7.05 Å². The number of hydrogen-bond acceptors (Lipinski definition) is 3. The lowest BCUT2D eigenvalue weighted by molar-refractivity contribution is 0.0458. The molecule has 0 aromatic carbocycles. The summed E-state index contributed by atoms with van der Waals surface area (Å²) in [5.74, 6) is -0.114. The van der Waals surface area contributed by atoms with E-state index in [0.717, 1.165) is 0 Å². The quantitative estimate of drug-likeness (QED) is 0.833. The van der Waals surface area contributed by atoms with Gasteiger partial charge in [-0.2, -0.15) is 5.10 Å². The lowest BCUT2D eigenvalue weighted by atomic mass is 10.2. The van der Waals surface area contributed by atoms with E-state index in [1.165, 1.54) is 6.20 Å². The number of nitrogens with zero attached hydrogens (tertiary/aromatic N) is 4. The van der Waals surface area contributed by atoms with Crippen molar-refractivity contribution in [3.05, 3.63) is 16.4 Å². The van der Waals surface area contributed by atoms with Crippen LogP contribution in [0.3, 0.4) is 0 Å². The number of rotatable bonds is 3. The summed E-state index contributed by atoms with van der Waals surface area (Å²) in [6.07, 6.45) is -0.812. The van der Waals surface area contributed by atoms with E-state index in [0.29, 0.717) is 36.3 Å². The van der Waals surface area contributed by atoms with E-state index in [-0.39, 0.29) is 12.5 Å². The number of aryl methyl sites for hydroxylation is 1. The van der Waals surface area contributed by atoms with Gasteiger partial charge in [-0.15, -0.1) is 0 Å². The van der Waals surface area contributed by atoms with E-state index in [4.69, 9.17) is 0 Å². The molecule has 1 saturated heterocycles. The summed E-state index contributed by atoms with van der Waals surface area (Å²) in [5, 5.41) is 4.00. The summed E-state index contributed by atoms with van der Waals surface area (Å²) in [7, 11) is 1.74. The number of piperazine rings is 1. The fraction of sp³-hybridized carbons (Fsp3) is 0.636. The molecular weight excluding hydrogens is 322 g/mol. The zero-order valence-electron chi connectivity index (χ0n) is 10.5. The molecule has 0 saturated carbocycles. The SMILES string of the molecule is Cn1ncc(C(=O)N2CCN(CC(F)F)CC2)c1Br. The average molecular weight is 337 g/mol. The van der Waals surface area contributed by atoms with E-state index >= 15 is 0 Å². The molecule has 1 fully saturated rings. The van der Waals surface area contributed by atoms with E-state index in [1.807, 2.05) is 0 Å². The van der Waals surface area contributed by atoms with Crippen LogP contribution in [-0.4, -0.2) is 64.6 Å². The Morgan fingerprint density at radius 3 is 2.53 bits per heavy atom. The minimum Gasteiger partial charge on any atom is -0.336 e. The van der Waals surface area contributed by atoms with Gasteiger partial charge in [0, 0.05) is 33.2 Å². The molecule has 8 heteroatoms. The largest absolute Gasteiger partial charge is 0.336 e. The van der Waals surface area contributed by atoms with Gasteiger partial charge in [-0.3, -0.25) is 14.4 Å². The van der Waals surface area contributed by atoms with Crippen molar-refractivity contribution in [2.45, 2.75) is 6.43 Å². The van der Waals surface area contributed by atoms with Crippen LogP contribution in [0, 0.1) is 0 Å². The van der Waals surface area contributed by atoms with Crippen molar-refractivity contribution in [3.63, 3.8) is 0 Å². The highest BCUT2D eigenvalue weighted by molar-refractivity contribution is 9.10. The van der Waals surface area contributed by atoms with Crippen molar-refractivity contribution in [2.24, 2.45) is 7.05 Å². The van der Waals surface area contributed by atoms with Gasteiger partial charge in [-0.25, -0.2) is 8.78 Å². The van der Waals surface area contributed by atoms with Crippen LogP contribution >= 0.6 is 15.9 Å². The Balaban J connectivity index is 1.94. The number of hydrogen-bond donors (Lipinski definition) is 0. The summed E-state index contributed by atoms with van der Waals surface area (Å²) in [4.78, 5) is 15.6. The first kappa shape index (κ1) is 14.4. The molecule has 19 heavy (non-hydrogen) atoms. The van der Waals surface area contributed by atoms with Gasteiger partial charge in [-0.05, 0) is 15.9 Å². The van der Waals surface area contributed by atoms with Crippen LogP contribution < -0.4 is 0 Å². The first-order valence-electron chi connectivity index (χ1n) is 5.96. The van der Waals surface area contributed by atoms with Crippen molar-refractivity contribution < 1.29 is 13.6 Å². The van der Waals surface area contributed by atoms with Crippen molar-refractivity contribution in [3.8, 4) is 0 Å². The van der Waals surface area contributed by atoms with E-state index in [9.17, 15) is 13.6 Å². The number of carbonyl (C=O) groups excluding carboxylic acids is 1. The minimum atomic E-state index is -2.32. The topological polar surface area (TPSA) is 41.4 Å². The second-order valence-corrected chi connectivity index (χ2v) is 5.21. The average Bonchev–Trinajstić information content (AvgIpc) is 2.69. The fourth-order valence-corrected chi connectivity index (χ4v) is 2.43. The van der Waals surface area contributed by atoms with Crippen molar-refractivity contribution >= 4 is 21.8 Å². The molecule has 1 amide bonds. The third-order valence-corrected chi connectivity index (χ3v) is 4.09. The highest BCUT2D eigenvalue weighted by Gasteiger charge is 2.25. The molecule has 0 spiro atoms. The predicted molar refractivity (Wildman–Crippen MR) is 69.3 cm³/mol. The molecule has 106 valence electrons. The zero-order chi connectivity index (χ0) is 14.0. The number of halogens is 3. The van der Waals surface area contributed by atoms with Gasteiger partial charge in [0.05, 0.1) is 18.3 Å². The molecule has 1 aromatic rings. The van der Waals surface area contributed by atoms with Gasteiger partial charge in [0.2, 0.25) is 0 Å². The highest BCUT2D eigenvalue weighted by atomic mass is 79.9. The normalized spacial score (nSPS) is 17.2. The molecule has 0 radical (unpaired) electrons. The Morgan fingerprint density at radius 1 is 1.42 bits per heavy atom. The summed E-state index contributed by atoms with van der Waals surface area (Å²) >= 11 is 3.31.